The van der Waals surface area contributed by atoms with Gasteiger partial charge in [0.15, 0.2) is 6.10 Å². The molecule has 0 aromatic heterocycles. The van der Waals surface area contributed by atoms with Crippen LogP contribution in [-0.4, -0.2) is 47.4 Å². The summed E-state index contributed by atoms with van der Waals surface area (Å²) in [6.07, 6.45) is -0.188. The van der Waals surface area contributed by atoms with Gasteiger partial charge >= 0.3 is 5.97 Å². The molecule has 1 aliphatic rings. The van der Waals surface area contributed by atoms with E-state index in [9.17, 15) is 24.0 Å². The maximum Gasteiger partial charge on any atom is 0.309 e. The number of esters is 1. The number of piperidine rings is 1. The first kappa shape index (κ1) is 23.3. The summed E-state index contributed by atoms with van der Waals surface area (Å²) >= 11 is 0. The normalized spacial score (nSPS) is 17.6. The summed E-state index contributed by atoms with van der Waals surface area (Å²) in [6, 6.07) is 7.42. The minimum atomic E-state index is -1.05. The Morgan fingerprint density at radius 3 is 2.27 bits per heavy atom. The molecule has 7 nitrogen and oxygen atoms in total. The fourth-order valence-corrected chi connectivity index (χ4v) is 3.08. The van der Waals surface area contributed by atoms with E-state index in [0.29, 0.717) is 31.5 Å². The van der Waals surface area contributed by atoms with E-state index in [0.717, 1.165) is 0 Å². The van der Waals surface area contributed by atoms with E-state index in [1.165, 1.54) is 31.2 Å². The summed E-state index contributed by atoms with van der Waals surface area (Å²) in [7, 11) is 0. The number of carbonyl (C=O) groups excluding carboxylic acids is 3. The van der Waals surface area contributed by atoms with Crippen molar-refractivity contribution in [2.24, 2.45) is 11.8 Å². The van der Waals surface area contributed by atoms with Gasteiger partial charge in [-0.25, -0.2) is 4.39 Å². The molecule has 0 aliphatic carbocycles. The van der Waals surface area contributed by atoms with Gasteiger partial charge in [0.25, 0.3) is 11.8 Å². The summed E-state index contributed by atoms with van der Waals surface area (Å²) in [6.45, 7) is 7.48. The summed E-state index contributed by atoms with van der Waals surface area (Å²) in [5.74, 6) is -2.16. The van der Waals surface area contributed by atoms with Crippen molar-refractivity contribution in [1.29, 1.82) is 5.26 Å². The SMILES string of the molecule is CC(C)[C@@](C)(C#N)NC(=O)[C@@H](C)OC(=O)C1CCN(C(=O)c2ccc(F)cc2)CC1. The lowest BCUT2D eigenvalue weighted by Crippen LogP contribution is -2.52. The zero-order chi connectivity index (χ0) is 22.5. The van der Waals surface area contributed by atoms with Crippen LogP contribution in [0.1, 0.15) is 50.9 Å². The number of rotatable bonds is 6. The maximum absolute atomic E-state index is 13.0. The molecule has 0 spiro atoms. The van der Waals surface area contributed by atoms with Crippen LogP contribution in [0.25, 0.3) is 0 Å². The molecule has 1 aromatic carbocycles. The molecule has 1 aromatic rings. The van der Waals surface area contributed by atoms with E-state index in [2.05, 4.69) is 11.4 Å². The van der Waals surface area contributed by atoms with Crippen LogP contribution in [0.2, 0.25) is 0 Å². The zero-order valence-corrected chi connectivity index (χ0v) is 17.8. The summed E-state index contributed by atoms with van der Waals surface area (Å²) in [4.78, 5) is 38.9. The quantitative estimate of drug-likeness (QED) is 0.718. The number of amides is 2. The molecule has 2 rings (SSSR count). The number of carbonyl (C=O) groups is 3. The highest BCUT2D eigenvalue weighted by molar-refractivity contribution is 5.94. The second kappa shape index (κ2) is 9.70. The topological polar surface area (TPSA) is 99.5 Å². The van der Waals surface area contributed by atoms with Gasteiger partial charge in [-0.1, -0.05) is 13.8 Å². The number of ether oxygens (including phenoxy) is 1. The number of nitriles is 1. The Labute approximate surface area is 176 Å². The smallest absolute Gasteiger partial charge is 0.309 e. The molecule has 0 bridgehead atoms. The number of nitrogens with zero attached hydrogens (tertiary/aromatic N) is 2. The lowest BCUT2D eigenvalue weighted by molar-refractivity contribution is -0.160. The Hall–Kier alpha value is -2.95. The molecule has 0 radical (unpaired) electrons. The highest BCUT2D eigenvalue weighted by Crippen LogP contribution is 2.22. The second-order valence-electron chi connectivity index (χ2n) is 8.11. The third-order valence-corrected chi connectivity index (χ3v) is 5.64. The molecular formula is C22H28FN3O4. The number of likely N-dealkylation sites (tertiary alicyclic amines) is 1. The van der Waals surface area contributed by atoms with Crippen LogP contribution in [0.4, 0.5) is 4.39 Å². The Morgan fingerprint density at radius 2 is 1.77 bits per heavy atom. The third-order valence-electron chi connectivity index (χ3n) is 5.64. The lowest BCUT2D eigenvalue weighted by atomic mass is 9.90. The Kier molecular flexibility index (Phi) is 7.54. The van der Waals surface area contributed by atoms with Crippen LogP contribution >= 0.6 is 0 Å². The van der Waals surface area contributed by atoms with Crippen LogP contribution < -0.4 is 5.32 Å². The van der Waals surface area contributed by atoms with Crippen molar-refractivity contribution in [2.75, 3.05) is 13.1 Å². The molecule has 2 atom stereocenters. The van der Waals surface area contributed by atoms with Crippen LogP contribution in [-0.2, 0) is 14.3 Å². The van der Waals surface area contributed by atoms with Crippen molar-refractivity contribution in [3.05, 3.63) is 35.6 Å². The summed E-state index contributed by atoms with van der Waals surface area (Å²) < 4.78 is 18.3. The molecule has 1 aliphatic heterocycles. The Morgan fingerprint density at radius 1 is 1.20 bits per heavy atom. The highest BCUT2D eigenvalue weighted by Gasteiger charge is 2.34. The molecule has 0 unspecified atom stereocenters. The highest BCUT2D eigenvalue weighted by atomic mass is 19.1. The summed E-state index contributed by atoms with van der Waals surface area (Å²) in [5, 5.41) is 12.0. The van der Waals surface area contributed by atoms with Gasteiger partial charge in [-0.15, -0.1) is 0 Å². The van der Waals surface area contributed by atoms with Crippen molar-refractivity contribution in [3.63, 3.8) is 0 Å². The van der Waals surface area contributed by atoms with E-state index in [1.807, 2.05) is 13.8 Å². The fourth-order valence-electron chi connectivity index (χ4n) is 3.08. The molecule has 30 heavy (non-hydrogen) atoms. The van der Waals surface area contributed by atoms with Gasteiger partial charge in [-0.2, -0.15) is 5.26 Å². The summed E-state index contributed by atoms with van der Waals surface area (Å²) in [5.41, 5.74) is -0.655. The first-order valence-corrected chi connectivity index (χ1v) is 10.1. The molecule has 1 saturated heterocycles. The fraction of sp³-hybridized carbons (Fsp3) is 0.545. The first-order chi connectivity index (χ1) is 14.1. The van der Waals surface area contributed by atoms with Gasteiger partial charge in [0.05, 0.1) is 12.0 Å². The number of hydrogen-bond acceptors (Lipinski definition) is 5. The van der Waals surface area contributed by atoms with Gasteiger partial charge < -0.3 is 15.0 Å². The third kappa shape index (κ3) is 5.56. The largest absolute Gasteiger partial charge is 0.452 e. The van der Waals surface area contributed by atoms with E-state index in [-0.39, 0.29) is 11.8 Å². The van der Waals surface area contributed by atoms with Crippen molar-refractivity contribution < 1.29 is 23.5 Å². The molecule has 162 valence electrons. The van der Waals surface area contributed by atoms with Crippen LogP contribution in [0.15, 0.2) is 24.3 Å². The zero-order valence-electron chi connectivity index (χ0n) is 17.8. The van der Waals surface area contributed by atoms with E-state index >= 15 is 0 Å². The van der Waals surface area contributed by atoms with Gasteiger partial charge in [-0.3, -0.25) is 14.4 Å². The average molecular weight is 417 g/mol. The van der Waals surface area contributed by atoms with Crippen molar-refractivity contribution in [2.45, 2.75) is 52.2 Å². The Bertz CT molecular complexity index is 826. The lowest BCUT2D eigenvalue weighted by Gasteiger charge is -2.32. The van der Waals surface area contributed by atoms with E-state index in [1.54, 1.807) is 11.8 Å². The number of halogens is 1. The van der Waals surface area contributed by atoms with E-state index < -0.39 is 35.3 Å². The maximum atomic E-state index is 13.0. The van der Waals surface area contributed by atoms with Crippen molar-refractivity contribution in [1.82, 2.24) is 10.2 Å². The van der Waals surface area contributed by atoms with Crippen molar-refractivity contribution in [3.8, 4) is 6.07 Å². The predicted molar refractivity (Wildman–Crippen MR) is 108 cm³/mol. The molecule has 1 N–H and O–H groups in total. The monoisotopic (exact) mass is 417 g/mol. The number of benzene rings is 1. The molecule has 2 amide bonds. The van der Waals surface area contributed by atoms with Gasteiger partial charge in [-0.05, 0) is 56.9 Å². The number of hydrogen-bond donors (Lipinski definition) is 1. The first-order valence-electron chi connectivity index (χ1n) is 10.1. The van der Waals surface area contributed by atoms with Crippen LogP contribution in [0, 0.1) is 29.0 Å². The average Bonchev–Trinajstić information content (AvgIpc) is 2.73. The van der Waals surface area contributed by atoms with Crippen LogP contribution in [0.3, 0.4) is 0 Å². The Balaban J connectivity index is 1.86. The van der Waals surface area contributed by atoms with Gasteiger partial charge in [0, 0.05) is 18.7 Å². The van der Waals surface area contributed by atoms with Crippen molar-refractivity contribution >= 4 is 17.8 Å². The van der Waals surface area contributed by atoms with Crippen LogP contribution in [0.5, 0.6) is 0 Å². The van der Waals surface area contributed by atoms with Gasteiger partial charge in [0.2, 0.25) is 0 Å². The number of nitrogens with one attached hydrogen (secondary N) is 1. The molecule has 0 saturated carbocycles. The van der Waals surface area contributed by atoms with Gasteiger partial charge in [0.1, 0.15) is 11.4 Å². The van der Waals surface area contributed by atoms with E-state index in [4.69, 9.17) is 4.74 Å². The molecular weight excluding hydrogens is 389 g/mol. The second-order valence-corrected chi connectivity index (χ2v) is 8.11. The minimum absolute atomic E-state index is 0.114. The molecule has 1 heterocycles. The standard InChI is InChI=1S/C22H28FN3O4/c1-14(2)22(4,13-24)25-19(27)15(3)30-21(29)17-9-11-26(12-10-17)20(28)16-5-7-18(23)8-6-16/h5-8,14-15,17H,9-12H2,1-4H3,(H,25,27)/t15-,22-/m1/s1. The molecule has 8 heteroatoms. The predicted octanol–water partition coefficient (Wildman–Crippen LogP) is 2.66. The minimum Gasteiger partial charge on any atom is -0.452 e. The molecule has 1 fully saturated rings.